The summed E-state index contributed by atoms with van der Waals surface area (Å²) in [5.74, 6) is -1.60. The monoisotopic (exact) mass is 346 g/mol. The van der Waals surface area contributed by atoms with Gasteiger partial charge in [0.15, 0.2) is 0 Å². The molecule has 0 saturated carbocycles. The molecule has 2 aliphatic rings. The zero-order chi connectivity index (χ0) is 17.3. The number of amides is 2. The van der Waals surface area contributed by atoms with Gasteiger partial charge < -0.3 is 4.74 Å². The molecule has 0 N–H and O–H groups in total. The number of hydrogen-bond acceptors (Lipinski definition) is 5. The predicted octanol–water partition coefficient (Wildman–Crippen LogP) is 2.28. The lowest BCUT2D eigenvalue weighted by Crippen LogP contribution is -2.30. The molecule has 2 amide bonds. The van der Waals surface area contributed by atoms with Crippen LogP contribution < -0.4 is 0 Å². The number of allylic oxidation sites excluding steroid dienone is 3. The minimum Gasteiger partial charge on any atom is -0.461 e. The maximum absolute atomic E-state index is 12.4. The molecule has 7 heteroatoms. The highest BCUT2D eigenvalue weighted by molar-refractivity contribution is 6.30. The van der Waals surface area contributed by atoms with Gasteiger partial charge in [0.05, 0.1) is 24.8 Å². The zero-order valence-electron chi connectivity index (χ0n) is 13.0. The van der Waals surface area contributed by atoms with Gasteiger partial charge >= 0.3 is 5.97 Å². The first-order valence-corrected chi connectivity index (χ1v) is 7.95. The number of carbonyl (C=O) groups excluding carboxylic acids is 3. The lowest BCUT2D eigenvalue weighted by Gasteiger charge is -2.14. The Morgan fingerprint density at radius 1 is 1.42 bits per heavy atom. The van der Waals surface area contributed by atoms with E-state index in [1.54, 1.807) is 19.1 Å². The number of pyridine rings is 1. The van der Waals surface area contributed by atoms with Crippen LogP contribution in [0.2, 0.25) is 5.02 Å². The van der Waals surface area contributed by atoms with Crippen molar-refractivity contribution in [2.24, 2.45) is 5.92 Å². The highest BCUT2D eigenvalue weighted by Crippen LogP contribution is 2.32. The number of rotatable bonds is 4. The molecule has 1 fully saturated rings. The molecule has 24 heavy (non-hydrogen) atoms. The highest BCUT2D eigenvalue weighted by Gasteiger charge is 2.43. The molecule has 1 saturated heterocycles. The molecule has 1 aliphatic heterocycles. The van der Waals surface area contributed by atoms with Crippen molar-refractivity contribution in [3.05, 3.63) is 52.3 Å². The van der Waals surface area contributed by atoms with Gasteiger partial charge in [-0.2, -0.15) is 0 Å². The van der Waals surface area contributed by atoms with Gasteiger partial charge in [-0.15, -0.1) is 0 Å². The first kappa shape index (κ1) is 16.4. The Morgan fingerprint density at radius 3 is 2.92 bits per heavy atom. The maximum atomic E-state index is 12.4. The van der Waals surface area contributed by atoms with Gasteiger partial charge in [0.2, 0.25) is 5.91 Å². The predicted molar refractivity (Wildman–Crippen MR) is 86.1 cm³/mol. The largest absolute Gasteiger partial charge is 0.461 e. The number of likely N-dealkylation sites (tertiary alicyclic amines) is 1. The van der Waals surface area contributed by atoms with Gasteiger partial charge in [0, 0.05) is 10.6 Å². The number of aromatic nitrogens is 1. The van der Waals surface area contributed by atoms with E-state index in [1.807, 2.05) is 6.08 Å². The molecule has 6 nitrogen and oxygen atoms in total. The van der Waals surface area contributed by atoms with E-state index in [1.165, 1.54) is 12.1 Å². The second-order valence-corrected chi connectivity index (χ2v) is 5.89. The third kappa shape index (κ3) is 2.97. The van der Waals surface area contributed by atoms with Crippen molar-refractivity contribution >= 4 is 29.4 Å². The van der Waals surface area contributed by atoms with Crippen molar-refractivity contribution in [1.29, 1.82) is 0 Å². The molecule has 1 aromatic heterocycles. The van der Waals surface area contributed by atoms with E-state index >= 15 is 0 Å². The summed E-state index contributed by atoms with van der Waals surface area (Å²) in [6.07, 6.45) is 5.82. The average Bonchev–Trinajstić information content (AvgIpc) is 2.80. The molecule has 0 radical (unpaired) electrons. The second kappa shape index (κ2) is 6.57. The molecule has 3 rings (SSSR count). The van der Waals surface area contributed by atoms with Crippen LogP contribution >= 0.6 is 11.6 Å². The number of imide groups is 1. The van der Waals surface area contributed by atoms with Crippen LogP contribution in [0.1, 0.15) is 29.5 Å². The summed E-state index contributed by atoms with van der Waals surface area (Å²) in [7, 11) is 0. The summed E-state index contributed by atoms with van der Waals surface area (Å²) in [5.41, 5.74) is 0.909. The first-order chi connectivity index (χ1) is 11.5. The van der Waals surface area contributed by atoms with E-state index in [4.69, 9.17) is 16.3 Å². The SMILES string of the molecule is CCOC(=O)c1cc(Cl)cc(CN2C(=O)C3=CC=CCC3C2=O)n1. The molecule has 1 unspecified atom stereocenters. The Bertz CT molecular complexity index is 785. The molecular weight excluding hydrogens is 332 g/mol. The Morgan fingerprint density at radius 2 is 2.21 bits per heavy atom. The summed E-state index contributed by atoms with van der Waals surface area (Å²) in [4.78, 5) is 42.0. The Labute approximate surface area is 143 Å². The van der Waals surface area contributed by atoms with Crippen LogP contribution in [0.25, 0.3) is 0 Å². The number of halogens is 1. The molecule has 2 heterocycles. The lowest BCUT2D eigenvalue weighted by atomic mass is 9.94. The van der Waals surface area contributed by atoms with E-state index in [9.17, 15) is 14.4 Å². The van der Waals surface area contributed by atoms with Crippen molar-refractivity contribution < 1.29 is 19.1 Å². The maximum Gasteiger partial charge on any atom is 0.356 e. The fraction of sp³-hybridized carbons (Fsp3) is 0.294. The van der Waals surface area contributed by atoms with Crippen molar-refractivity contribution in [2.75, 3.05) is 6.61 Å². The molecule has 1 aromatic rings. The summed E-state index contributed by atoms with van der Waals surface area (Å²) in [6.45, 7) is 1.88. The average molecular weight is 347 g/mol. The molecule has 0 aromatic carbocycles. The minimum atomic E-state index is -0.596. The van der Waals surface area contributed by atoms with Crippen LogP contribution in [0.4, 0.5) is 0 Å². The topological polar surface area (TPSA) is 76.6 Å². The third-order valence-electron chi connectivity index (χ3n) is 3.86. The van der Waals surface area contributed by atoms with Crippen molar-refractivity contribution in [3.8, 4) is 0 Å². The smallest absolute Gasteiger partial charge is 0.356 e. The van der Waals surface area contributed by atoms with E-state index in [-0.39, 0.29) is 30.7 Å². The standard InChI is InChI=1S/C17H15ClN2O4/c1-2-24-17(23)14-8-10(18)7-11(19-14)9-20-15(21)12-5-3-4-6-13(12)16(20)22/h3-5,7-8,13H,2,6,9H2,1H3. The summed E-state index contributed by atoms with van der Waals surface area (Å²) < 4.78 is 4.90. The Balaban J connectivity index is 1.85. The number of carbonyl (C=O) groups is 3. The normalized spacial score (nSPS) is 19.3. The molecule has 0 bridgehead atoms. The summed E-state index contributed by atoms with van der Waals surface area (Å²) >= 11 is 6.02. The Kier molecular flexibility index (Phi) is 4.49. The second-order valence-electron chi connectivity index (χ2n) is 5.45. The number of nitrogens with zero attached hydrogens (tertiary/aromatic N) is 2. The molecule has 1 atom stereocenters. The van der Waals surface area contributed by atoms with Crippen LogP contribution in [-0.2, 0) is 20.9 Å². The van der Waals surface area contributed by atoms with E-state index in [0.717, 1.165) is 4.90 Å². The fourth-order valence-electron chi connectivity index (χ4n) is 2.78. The number of ether oxygens (including phenoxy) is 1. The van der Waals surface area contributed by atoms with Crippen LogP contribution in [0.15, 0.2) is 35.9 Å². The van der Waals surface area contributed by atoms with Gasteiger partial charge in [0.1, 0.15) is 5.69 Å². The molecule has 0 spiro atoms. The van der Waals surface area contributed by atoms with Crippen molar-refractivity contribution in [1.82, 2.24) is 9.88 Å². The third-order valence-corrected chi connectivity index (χ3v) is 4.08. The van der Waals surface area contributed by atoms with Gasteiger partial charge in [-0.05, 0) is 25.5 Å². The van der Waals surface area contributed by atoms with Crippen LogP contribution in [0, 0.1) is 5.92 Å². The number of fused-ring (bicyclic) bond motifs is 1. The fourth-order valence-corrected chi connectivity index (χ4v) is 3.01. The van der Waals surface area contributed by atoms with E-state index in [0.29, 0.717) is 22.7 Å². The van der Waals surface area contributed by atoms with Gasteiger partial charge in [-0.1, -0.05) is 29.8 Å². The molecule has 124 valence electrons. The molecular formula is C17H15ClN2O4. The zero-order valence-corrected chi connectivity index (χ0v) is 13.7. The van der Waals surface area contributed by atoms with Crippen LogP contribution in [0.5, 0.6) is 0 Å². The first-order valence-electron chi connectivity index (χ1n) is 7.57. The van der Waals surface area contributed by atoms with Gasteiger partial charge in [0.25, 0.3) is 5.91 Å². The Hall–Kier alpha value is -2.47. The van der Waals surface area contributed by atoms with E-state index in [2.05, 4.69) is 4.98 Å². The van der Waals surface area contributed by atoms with Crippen LogP contribution in [-0.4, -0.2) is 34.3 Å². The number of esters is 1. The van der Waals surface area contributed by atoms with Crippen LogP contribution in [0.3, 0.4) is 0 Å². The quantitative estimate of drug-likeness (QED) is 0.617. The molecule has 1 aliphatic carbocycles. The summed E-state index contributed by atoms with van der Waals surface area (Å²) in [6, 6.07) is 2.92. The van der Waals surface area contributed by atoms with E-state index < -0.39 is 11.9 Å². The minimum absolute atomic E-state index is 0.0293. The highest BCUT2D eigenvalue weighted by atomic mass is 35.5. The van der Waals surface area contributed by atoms with Gasteiger partial charge in [-0.3, -0.25) is 14.5 Å². The van der Waals surface area contributed by atoms with Gasteiger partial charge in [-0.25, -0.2) is 9.78 Å². The summed E-state index contributed by atoms with van der Waals surface area (Å²) in [5, 5.41) is 0.292. The number of hydrogen-bond donors (Lipinski definition) is 0. The lowest BCUT2D eigenvalue weighted by molar-refractivity contribution is -0.139. The van der Waals surface area contributed by atoms with Crippen molar-refractivity contribution in [2.45, 2.75) is 19.9 Å². The van der Waals surface area contributed by atoms with Crippen molar-refractivity contribution in [3.63, 3.8) is 0 Å².